The molecule has 0 aromatic carbocycles. The minimum absolute atomic E-state index is 0.0479. The van der Waals surface area contributed by atoms with E-state index in [1.807, 2.05) is 0 Å². The molecule has 8 heteroatoms. The van der Waals surface area contributed by atoms with Gasteiger partial charge in [-0.25, -0.2) is 9.59 Å². The van der Waals surface area contributed by atoms with E-state index in [-0.39, 0.29) is 6.61 Å². The van der Waals surface area contributed by atoms with Crippen LogP contribution in [0.15, 0.2) is 28.4 Å². The highest BCUT2D eigenvalue weighted by atomic mass is 19.1. The van der Waals surface area contributed by atoms with Crippen molar-refractivity contribution < 1.29 is 18.7 Å². The van der Waals surface area contributed by atoms with E-state index >= 15 is 0 Å². The van der Waals surface area contributed by atoms with Gasteiger partial charge < -0.3 is 9.47 Å². The van der Waals surface area contributed by atoms with E-state index in [0.29, 0.717) is 10.8 Å². The Kier molecular flexibility index (Phi) is 4.21. The van der Waals surface area contributed by atoms with Gasteiger partial charge in [-0.3, -0.25) is 14.3 Å². The van der Waals surface area contributed by atoms with E-state index in [9.17, 15) is 18.8 Å². The van der Waals surface area contributed by atoms with Crippen molar-refractivity contribution in [2.45, 2.75) is 6.73 Å². The number of nitrogens with one attached hydrogen (secondary N) is 1. The van der Waals surface area contributed by atoms with Gasteiger partial charge in [-0.2, -0.15) is 4.39 Å². The Morgan fingerprint density at radius 2 is 2.24 bits per heavy atom. The SMILES string of the molecule is C=CCOC(=O)OCn1cc(F)c(=O)[nH]c1=O. The average Bonchev–Trinajstić information content (AvgIpc) is 2.29. The summed E-state index contributed by atoms with van der Waals surface area (Å²) in [5, 5.41) is 0. The third-order valence-corrected chi connectivity index (χ3v) is 1.61. The molecule has 0 radical (unpaired) electrons. The first-order chi connectivity index (χ1) is 8.04. The Balaban J connectivity index is 2.67. The summed E-state index contributed by atoms with van der Waals surface area (Å²) in [5.74, 6) is -1.16. The summed E-state index contributed by atoms with van der Waals surface area (Å²) in [6.45, 7) is 2.69. The quantitative estimate of drug-likeness (QED) is 0.593. The highest BCUT2D eigenvalue weighted by Crippen LogP contribution is 1.90. The van der Waals surface area contributed by atoms with E-state index in [2.05, 4.69) is 16.1 Å². The van der Waals surface area contributed by atoms with Gasteiger partial charge in [0.15, 0.2) is 6.73 Å². The lowest BCUT2D eigenvalue weighted by Crippen LogP contribution is -2.32. The summed E-state index contributed by atoms with van der Waals surface area (Å²) >= 11 is 0. The number of halogens is 1. The maximum atomic E-state index is 12.8. The summed E-state index contributed by atoms with van der Waals surface area (Å²) in [6, 6.07) is 0. The molecule has 0 atom stereocenters. The van der Waals surface area contributed by atoms with Crippen molar-refractivity contribution in [3.63, 3.8) is 0 Å². The molecule has 0 bridgehead atoms. The first-order valence-electron chi connectivity index (χ1n) is 4.44. The predicted octanol–water partition coefficient (Wildman–Crippen LogP) is -0.0276. The predicted molar refractivity (Wildman–Crippen MR) is 53.9 cm³/mol. The van der Waals surface area contributed by atoms with E-state index in [4.69, 9.17) is 0 Å². The van der Waals surface area contributed by atoms with Crippen LogP contribution in [0.3, 0.4) is 0 Å². The zero-order valence-corrected chi connectivity index (χ0v) is 8.64. The lowest BCUT2D eigenvalue weighted by molar-refractivity contribution is 0.0388. The molecular formula is C9H9FN2O5. The molecule has 1 aromatic rings. The van der Waals surface area contributed by atoms with Crippen LogP contribution in [0.5, 0.6) is 0 Å². The molecule has 7 nitrogen and oxygen atoms in total. The van der Waals surface area contributed by atoms with Crippen molar-refractivity contribution in [1.82, 2.24) is 9.55 Å². The number of H-pyrrole nitrogens is 1. The monoisotopic (exact) mass is 244 g/mol. The maximum Gasteiger partial charge on any atom is 0.510 e. The largest absolute Gasteiger partial charge is 0.510 e. The van der Waals surface area contributed by atoms with Gasteiger partial charge in [0.2, 0.25) is 5.82 Å². The van der Waals surface area contributed by atoms with Crippen LogP contribution in [0.4, 0.5) is 9.18 Å². The Morgan fingerprint density at radius 1 is 1.53 bits per heavy atom. The fourth-order valence-electron chi connectivity index (χ4n) is 0.869. The van der Waals surface area contributed by atoms with Crippen molar-refractivity contribution in [2.75, 3.05) is 6.61 Å². The second-order valence-electron chi connectivity index (χ2n) is 2.83. The molecule has 1 N–H and O–H groups in total. The molecule has 1 heterocycles. The van der Waals surface area contributed by atoms with Gasteiger partial charge in [-0.15, -0.1) is 0 Å². The summed E-state index contributed by atoms with van der Waals surface area (Å²) in [5.41, 5.74) is -2.03. The van der Waals surface area contributed by atoms with Crippen LogP contribution in [-0.2, 0) is 16.2 Å². The van der Waals surface area contributed by atoms with Gasteiger partial charge in [0.25, 0.3) is 5.56 Å². The molecule has 0 aliphatic carbocycles. The standard InChI is InChI=1S/C9H9FN2O5/c1-2-3-16-9(15)17-5-12-4-6(10)7(13)11-8(12)14/h2,4H,1,3,5H2,(H,11,13,14). The van der Waals surface area contributed by atoms with Gasteiger partial charge in [0, 0.05) is 0 Å². The van der Waals surface area contributed by atoms with Crippen LogP contribution in [0.25, 0.3) is 0 Å². The van der Waals surface area contributed by atoms with Gasteiger partial charge in [0.1, 0.15) is 6.61 Å². The summed E-state index contributed by atoms with van der Waals surface area (Å²) in [7, 11) is 0. The van der Waals surface area contributed by atoms with Crippen molar-refractivity contribution in [3.8, 4) is 0 Å². The molecule has 0 unspecified atom stereocenters. The van der Waals surface area contributed by atoms with E-state index in [1.165, 1.54) is 6.08 Å². The molecule has 0 spiro atoms. The van der Waals surface area contributed by atoms with Crippen LogP contribution in [-0.4, -0.2) is 22.3 Å². The highest BCUT2D eigenvalue weighted by molar-refractivity contribution is 5.59. The van der Waals surface area contributed by atoms with Gasteiger partial charge >= 0.3 is 11.8 Å². The third-order valence-electron chi connectivity index (χ3n) is 1.61. The van der Waals surface area contributed by atoms with E-state index in [1.54, 1.807) is 4.98 Å². The van der Waals surface area contributed by atoms with Crippen molar-refractivity contribution in [2.24, 2.45) is 0 Å². The number of hydrogen-bond donors (Lipinski definition) is 1. The Morgan fingerprint density at radius 3 is 2.88 bits per heavy atom. The number of aromatic amines is 1. The van der Waals surface area contributed by atoms with E-state index in [0.717, 1.165) is 0 Å². The van der Waals surface area contributed by atoms with Crippen LogP contribution in [0.2, 0.25) is 0 Å². The number of carbonyl (C=O) groups excluding carboxylic acids is 1. The van der Waals surface area contributed by atoms with Crippen LogP contribution in [0.1, 0.15) is 0 Å². The number of aromatic nitrogens is 2. The second kappa shape index (κ2) is 5.64. The van der Waals surface area contributed by atoms with Gasteiger partial charge in [-0.05, 0) is 0 Å². The molecule has 1 rings (SSSR count). The summed E-state index contributed by atoms with van der Waals surface area (Å²) in [6.07, 6.45) is 0.915. The highest BCUT2D eigenvalue weighted by Gasteiger charge is 2.06. The second-order valence-corrected chi connectivity index (χ2v) is 2.83. The van der Waals surface area contributed by atoms with Crippen LogP contribution in [0, 0.1) is 5.82 Å². The fraction of sp³-hybridized carbons (Fsp3) is 0.222. The zero-order chi connectivity index (χ0) is 12.8. The zero-order valence-electron chi connectivity index (χ0n) is 8.64. The van der Waals surface area contributed by atoms with Crippen LogP contribution >= 0.6 is 0 Å². The molecule has 1 aromatic heterocycles. The third kappa shape index (κ3) is 3.59. The van der Waals surface area contributed by atoms with Crippen molar-refractivity contribution in [1.29, 1.82) is 0 Å². The molecule has 0 fully saturated rings. The number of nitrogens with zero attached hydrogens (tertiary/aromatic N) is 1. The lowest BCUT2D eigenvalue weighted by atomic mass is 10.6. The molecular weight excluding hydrogens is 235 g/mol. The van der Waals surface area contributed by atoms with Gasteiger partial charge in [0.05, 0.1) is 6.20 Å². The Labute approximate surface area is 94.1 Å². The maximum absolute atomic E-state index is 12.8. The first-order valence-corrected chi connectivity index (χ1v) is 4.44. The average molecular weight is 244 g/mol. The number of ether oxygens (including phenoxy) is 2. The first kappa shape index (κ1) is 12.7. The van der Waals surface area contributed by atoms with Crippen molar-refractivity contribution >= 4 is 6.16 Å². The smallest absolute Gasteiger partial charge is 0.430 e. The topological polar surface area (TPSA) is 90.4 Å². The Bertz CT molecular complexity index is 533. The number of rotatable bonds is 4. The number of hydrogen-bond acceptors (Lipinski definition) is 5. The molecule has 0 amide bonds. The molecule has 0 aliphatic rings. The minimum atomic E-state index is -1.16. The molecule has 92 valence electrons. The Hall–Kier alpha value is -2.38. The molecule has 0 saturated heterocycles. The fourth-order valence-corrected chi connectivity index (χ4v) is 0.869. The van der Waals surface area contributed by atoms with Crippen molar-refractivity contribution in [3.05, 3.63) is 45.5 Å². The number of carbonyl (C=O) groups is 1. The summed E-state index contributed by atoms with van der Waals surface area (Å²) < 4.78 is 22.4. The van der Waals surface area contributed by atoms with Gasteiger partial charge in [-0.1, -0.05) is 12.7 Å². The molecule has 0 aliphatic heterocycles. The minimum Gasteiger partial charge on any atom is -0.430 e. The molecule has 0 saturated carbocycles. The van der Waals surface area contributed by atoms with Crippen LogP contribution < -0.4 is 11.2 Å². The summed E-state index contributed by atoms with van der Waals surface area (Å²) in [4.78, 5) is 34.4. The molecule has 17 heavy (non-hydrogen) atoms. The van der Waals surface area contributed by atoms with E-state index < -0.39 is 30.0 Å². The normalized spacial score (nSPS) is 9.71. The lowest BCUT2D eigenvalue weighted by Gasteiger charge is -2.06.